The minimum absolute atomic E-state index is 0.0284. The highest BCUT2D eigenvalue weighted by molar-refractivity contribution is 5.87. The Labute approximate surface area is 275 Å². The molecule has 0 spiro atoms. The molecule has 17 N–H and O–H groups in total. The summed E-state index contributed by atoms with van der Waals surface area (Å²) >= 11 is 0. The monoisotopic (exact) mass is 669 g/mol. The SMILES string of the molecule is CN[C@@H]1[C@@H](O)[C@@H](O[C@H]2[C@H](NC(=O)C3(O)CC(NC(=N)N)C3)C[C@H](N)C([C@H]3OC(CN)=CC[C@H]3NCC3CC(N)C3)[C@@H]2O)OC[C@]1(C)O. The van der Waals surface area contributed by atoms with Gasteiger partial charge in [0.25, 0.3) is 5.91 Å². The average Bonchev–Trinajstić information content (AvgIpc) is 2.96. The highest BCUT2D eigenvalue weighted by Crippen LogP contribution is 2.38. The number of ether oxygens (including phenoxy) is 3. The predicted octanol–water partition coefficient (Wildman–Crippen LogP) is -4.68. The van der Waals surface area contributed by atoms with Gasteiger partial charge in [-0.1, -0.05) is 0 Å². The molecular formula is C30H55N9O8. The molecule has 5 aliphatic rings. The fourth-order valence-corrected chi connectivity index (χ4v) is 7.98. The van der Waals surface area contributed by atoms with Crippen molar-refractivity contribution in [3.8, 4) is 0 Å². The summed E-state index contributed by atoms with van der Waals surface area (Å²) in [7, 11) is 1.60. The van der Waals surface area contributed by atoms with E-state index in [1.54, 1.807) is 7.05 Å². The number of likely N-dealkylation sites (N-methyl/N-ethyl adjacent to an activating group) is 1. The molecule has 2 aliphatic heterocycles. The van der Waals surface area contributed by atoms with Gasteiger partial charge in [-0.05, 0) is 58.2 Å². The summed E-state index contributed by atoms with van der Waals surface area (Å²) < 4.78 is 18.4. The number of amides is 1. The Morgan fingerprint density at radius 1 is 1.13 bits per heavy atom. The van der Waals surface area contributed by atoms with Gasteiger partial charge in [-0.3, -0.25) is 10.2 Å². The largest absolute Gasteiger partial charge is 0.492 e. The Morgan fingerprint density at radius 2 is 1.83 bits per heavy atom. The van der Waals surface area contributed by atoms with E-state index in [1.807, 2.05) is 6.08 Å². The zero-order chi connectivity index (χ0) is 34.3. The molecule has 1 saturated heterocycles. The van der Waals surface area contributed by atoms with Crippen molar-refractivity contribution >= 4 is 11.9 Å². The van der Waals surface area contributed by atoms with E-state index < -0.39 is 71.9 Å². The van der Waals surface area contributed by atoms with Gasteiger partial charge < -0.3 is 78.8 Å². The highest BCUT2D eigenvalue weighted by Gasteiger charge is 2.56. The number of hydrogen-bond donors (Lipinski definition) is 13. The Morgan fingerprint density at radius 3 is 2.45 bits per heavy atom. The van der Waals surface area contributed by atoms with Gasteiger partial charge in [0, 0.05) is 42.9 Å². The fraction of sp³-hybridized carbons (Fsp3) is 0.867. The molecule has 0 aromatic rings. The predicted molar refractivity (Wildman–Crippen MR) is 170 cm³/mol. The van der Waals surface area contributed by atoms with Crippen molar-refractivity contribution in [1.29, 1.82) is 5.41 Å². The normalized spacial score (nSPS) is 46.7. The number of hydrogen-bond acceptors (Lipinski definition) is 14. The number of nitrogens with two attached hydrogens (primary N) is 4. The van der Waals surface area contributed by atoms with E-state index in [-0.39, 0.29) is 56.5 Å². The second-order valence-electron chi connectivity index (χ2n) is 14.4. The molecule has 17 heteroatoms. The molecule has 17 nitrogen and oxygen atoms in total. The van der Waals surface area contributed by atoms with E-state index >= 15 is 0 Å². The van der Waals surface area contributed by atoms with Crippen LogP contribution in [-0.2, 0) is 19.0 Å². The summed E-state index contributed by atoms with van der Waals surface area (Å²) in [6, 6.07) is -2.73. The van der Waals surface area contributed by atoms with Crippen molar-refractivity contribution in [2.24, 2.45) is 34.8 Å². The number of nitrogens with one attached hydrogen (secondary N) is 5. The van der Waals surface area contributed by atoms with Crippen LogP contribution in [-0.4, -0.2) is 137 Å². The van der Waals surface area contributed by atoms with Crippen LogP contribution in [0.25, 0.3) is 0 Å². The van der Waals surface area contributed by atoms with Crippen LogP contribution in [0.1, 0.15) is 45.4 Å². The van der Waals surface area contributed by atoms with Gasteiger partial charge in [-0.15, -0.1) is 0 Å². The number of aliphatic hydroxyl groups excluding tert-OH is 2. The summed E-state index contributed by atoms with van der Waals surface area (Å²) in [5.41, 5.74) is 21.0. The first-order valence-corrected chi connectivity index (χ1v) is 16.6. The topological polar surface area (TPSA) is 302 Å². The van der Waals surface area contributed by atoms with E-state index in [9.17, 15) is 25.2 Å². The molecular weight excluding hydrogens is 614 g/mol. The first kappa shape index (κ1) is 36.1. The highest BCUT2D eigenvalue weighted by atomic mass is 16.7. The second-order valence-corrected chi connectivity index (χ2v) is 14.4. The number of carbonyl (C=O) groups excluding carboxylic acids is 1. The lowest BCUT2D eigenvalue weighted by Gasteiger charge is -2.51. The minimum Gasteiger partial charge on any atom is -0.492 e. The molecule has 268 valence electrons. The molecule has 3 aliphatic carbocycles. The maximum absolute atomic E-state index is 13.4. The van der Waals surface area contributed by atoms with Crippen LogP contribution in [0, 0.1) is 17.2 Å². The first-order valence-electron chi connectivity index (χ1n) is 16.6. The Kier molecular flexibility index (Phi) is 11.0. The second kappa shape index (κ2) is 14.4. The van der Waals surface area contributed by atoms with E-state index in [4.69, 9.17) is 42.6 Å². The summed E-state index contributed by atoms with van der Waals surface area (Å²) in [5.74, 6) is -0.612. The first-order chi connectivity index (χ1) is 22.2. The standard InChI is InChI=1S/C30H55N9O8/c1-29(43)12-45-26(22(41)25(29)36-2)47-24-19(39-27(42)30(44)8-15(9-30)38-28(34)35)7-17(33)20(21(24)40)23-18(4-3-16(10-31)46-23)37-11-13-5-14(32)6-13/h3,13-15,17-26,36-37,40-41,43-44H,4-12,31-33H2,1-2H3,(H,39,42)(H4,34,35,38)/t13?,14?,15?,17-,18+,19+,20?,21-,22+,23-,24-,25+,26+,29-,30?/m0/s1. The lowest BCUT2D eigenvalue weighted by Crippen LogP contribution is -2.71. The molecule has 5 rings (SSSR count). The molecule has 3 saturated carbocycles. The molecule has 4 fully saturated rings. The Bertz CT molecular complexity index is 1150. The molecule has 0 bridgehead atoms. The van der Waals surface area contributed by atoms with Crippen molar-refractivity contribution in [3.05, 3.63) is 11.8 Å². The van der Waals surface area contributed by atoms with Crippen LogP contribution in [0.3, 0.4) is 0 Å². The third-order valence-electron chi connectivity index (χ3n) is 10.7. The maximum atomic E-state index is 13.4. The van der Waals surface area contributed by atoms with Crippen LogP contribution in [0.4, 0.5) is 0 Å². The molecule has 47 heavy (non-hydrogen) atoms. The quantitative estimate of drug-likeness (QED) is 0.0727. The van der Waals surface area contributed by atoms with Crippen molar-refractivity contribution in [1.82, 2.24) is 21.3 Å². The van der Waals surface area contributed by atoms with Crippen molar-refractivity contribution < 1.29 is 39.4 Å². The Balaban J connectivity index is 1.37. The van der Waals surface area contributed by atoms with E-state index in [0.717, 1.165) is 19.4 Å². The third kappa shape index (κ3) is 7.70. The van der Waals surface area contributed by atoms with Crippen molar-refractivity contribution in [2.45, 2.75) is 124 Å². The van der Waals surface area contributed by atoms with E-state index in [0.29, 0.717) is 18.1 Å². The third-order valence-corrected chi connectivity index (χ3v) is 10.7. The van der Waals surface area contributed by atoms with E-state index in [2.05, 4.69) is 21.3 Å². The summed E-state index contributed by atoms with van der Waals surface area (Å²) in [5, 5.41) is 64.5. The van der Waals surface area contributed by atoms with E-state index in [1.165, 1.54) is 6.92 Å². The zero-order valence-corrected chi connectivity index (χ0v) is 27.2. The molecule has 0 aromatic carbocycles. The van der Waals surface area contributed by atoms with Gasteiger partial charge >= 0.3 is 0 Å². The van der Waals surface area contributed by atoms with Gasteiger partial charge in [-0.25, -0.2) is 0 Å². The number of aliphatic hydroxyl groups is 4. The smallest absolute Gasteiger partial charge is 0.252 e. The molecule has 0 aromatic heterocycles. The summed E-state index contributed by atoms with van der Waals surface area (Å²) in [6.45, 7) is 2.26. The zero-order valence-electron chi connectivity index (χ0n) is 27.2. The molecule has 1 unspecified atom stereocenters. The van der Waals surface area contributed by atoms with Gasteiger partial charge in [0.05, 0.1) is 31.3 Å². The van der Waals surface area contributed by atoms with Gasteiger partial charge in [-0.2, -0.15) is 0 Å². The molecule has 0 radical (unpaired) electrons. The van der Waals surface area contributed by atoms with Crippen molar-refractivity contribution in [3.63, 3.8) is 0 Å². The lowest BCUT2D eigenvalue weighted by molar-refractivity contribution is -0.297. The Hall–Kier alpha value is -2.16. The maximum Gasteiger partial charge on any atom is 0.252 e. The number of rotatable bonds is 11. The van der Waals surface area contributed by atoms with Crippen LogP contribution in [0.5, 0.6) is 0 Å². The minimum atomic E-state index is -1.73. The van der Waals surface area contributed by atoms with Crippen LogP contribution >= 0.6 is 0 Å². The lowest BCUT2D eigenvalue weighted by atomic mass is 9.71. The van der Waals surface area contributed by atoms with Gasteiger partial charge in [0.2, 0.25) is 0 Å². The van der Waals surface area contributed by atoms with Crippen LogP contribution < -0.4 is 44.2 Å². The average molecular weight is 670 g/mol. The summed E-state index contributed by atoms with van der Waals surface area (Å²) in [4.78, 5) is 13.4. The van der Waals surface area contributed by atoms with Crippen LogP contribution in [0.15, 0.2) is 11.8 Å². The molecule has 11 atom stereocenters. The van der Waals surface area contributed by atoms with Gasteiger partial charge in [0.1, 0.15) is 35.3 Å². The number of guanidine groups is 1. The number of carbonyl (C=O) groups is 1. The van der Waals surface area contributed by atoms with Gasteiger partial charge in [0.15, 0.2) is 12.2 Å². The molecule has 2 heterocycles. The van der Waals surface area contributed by atoms with Crippen molar-refractivity contribution in [2.75, 3.05) is 26.7 Å². The molecule has 1 amide bonds. The fourth-order valence-electron chi connectivity index (χ4n) is 7.98. The van der Waals surface area contributed by atoms with Crippen LogP contribution in [0.2, 0.25) is 0 Å². The summed E-state index contributed by atoms with van der Waals surface area (Å²) in [6.07, 6.45) is -1.09.